The number of aliphatic carboxylic acids is 1. The monoisotopic (exact) mass is 230 g/mol. The zero-order chi connectivity index (χ0) is 10.8. The topological polar surface area (TPSA) is 69.6 Å². The lowest BCUT2D eigenvalue weighted by Gasteiger charge is -2.30. The van der Waals surface area contributed by atoms with E-state index in [0.29, 0.717) is 11.6 Å². The first-order valence-corrected chi connectivity index (χ1v) is 6.21. The minimum atomic E-state index is -0.913. The van der Waals surface area contributed by atoms with Crippen LogP contribution in [0.5, 0.6) is 0 Å². The fourth-order valence-electron chi connectivity index (χ4n) is 1.66. The quantitative estimate of drug-likeness (QED) is 0.733. The Labute approximate surface area is 92.2 Å². The highest BCUT2D eigenvalue weighted by Gasteiger charge is 2.35. The van der Waals surface area contributed by atoms with E-state index in [0.717, 1.165) is 19.3 Å². The third kappa shape index (κ3) is 2.19. The minimum Gasteiger partial charge on any atom is -0.480 e. The number of hydrogen-bond donors (Lipinski definition) is 2. The molecule has 1 heterocycles. The fourth-order valence-corrected chi connectivity index (χ4v) is 2.80. The summed E-state index contributed by atoms with van der Waals surface area (Å²) >= 11 is 1.48. The van der Waals surface area contributed by atoms with Crippen LogP contribution in [0.25, 0.3) is 0 Å². The van der Waals surface area contributed by atoms with Crippen molar-refractivity contribution in [1.82, 2.24) is 10.2 Å². The van der Waals surface area contributed by atoms with Gasteiger partial charge in [-0.2, -0.15) is 0 Å². The first-order chi connectivity index (χ1) is 7.18. The van der Waals surface area contributed by atoms with Crippen molar-refractivity contribution in [3.63, 3.8) is 0 Å². The van der Waals surface area contributed by atoms with Gasteiger partial charge in [0, 0.05) is 11.8 Å². The maximum absolute atomic E-state index is 11.7. The van der Waals surface area contributed by atoms with Crippen LogP contribution >= 0.6 is 11.8 Å². The Hall–Kier alpha value is -0.910. The van der Waals surface area contributed by atoms with Crippen LogP contribution in [0.3, 0.4) is 0 Å². The number of hydrogen-bond acceptors (Lipinski definition) is 3. The average molecular weight is 230 g/mol. The second kappa shape index (κ2) is 4.30. The van der Waals surface area contributed by atoms with Crippen molar-refractivity contribution < 1.29 is 14.7 Å². The number of thioether (sulfide) groups is 1. The van der Waals surface area contributed by atoms with E-state index in [1.54, 1.807) is 0 Å². The molecule has 1 saturated carbocycles. The highest BCUT2D eigenvalue weighted by molar-refractivity contribution is 7.99. The summed E-state index contributed by atoms with van der Waals surface area (Å²) in [5.74, 6) is 0.0620. The number of carbonyl (C=O) groups is 2. The van der Waals surface area contributed by atoms with E-state index < -0.39 is 12.0 Å². The molecule has 2 fully saturated rings. The largest absolute Gasteiger partial charge is 0.480 e. The summed E-state index contributed by atoms with van der Waals surface area (Å²) in [5.41, 5.74) is 0. The summed E-state index contributed by atoms with van der Waals surface area (Å²) in [6, 6.07) is -0.621. The van der Waals surface area contributed by atoms with Gasteiger partial charge < -0.3 is 15.3 Å². The van der Waals surface area contributed by atoms with Gasteiger partial charge in [0.25, 0.3) is 0 Å². The Morgan fingerprint density at radius 1 is 1.40 bits per heavy atom. The number of urea groups is 1. The summed E-state index contributed by atoms with van der Waals surface area (Å²) < 4.78 is 0. The van der Waals surface area contributed by atoms with E-state index in [2.05, 4.69) is 5.32 Å². The van der Waals surface area contributed by atoms with Gasteiger partial charge in [-0.1, -0.05) is 0 Å². The van der Waals surface area contributed by atoms with Gasteiger partial charge in [-0.25, -0.2) is 9.59 Å². The molecule has 2 N–H and O–H groups in total. The molecule has 2 amide bonds. The van der Waals surface area contributed by atoms with Gasteiger partial charge in [0.2, 0.25) is 0 Å². The van der Waals surface area contributed by atoms with Crippen LogP contribution in [-0.2, 0) is 4.79 Å². The predicted molar refractivity (Wildman–Crippen MR) is 56.8 cm³/mol. The molecule has 0 spiro atoms. The smallest absolute Gasteiger partial charge is 0.327 e. The lowest BCUT2D eigenvalue weighted by atomic mass is 9.93. The Bertz CT molecular complexity index is 281. The maximum atomic E-state index is 11.7. The maximum Gasteiger partial charge on any atom is 0.327 e. The van der Waals surface area contributed by atoms with Crippen molar-refractivity contribution in [2.45, 2.75) is 31.3 Å². The molecule has 1 atom stereocenters. The molecule has 1 aliphatic carbocycles. The summed E-state index contributed by atoms with van der Waals surface area (Å²) in [4.78, 5) is 24.0. The van der Waals surface area contributed by atoms with Gasteiger partial charge >= 0.3 is 12.0 Å². The lowest BCUT2D eigenvalue weighted by molar-refractivity contribution is -0.140. The molecule has 0 radical (unpaired) electrons. The van der Waals surface area contributed by atoms with Crippen molar-refractivity contribution in [3.05, 3.63) is 0 Å². The number of amides is 2. The molecule has 2 rings (SSSR count). The standard InChI is InChI=1S/C9H14N2O3S/c12-8(13)7-4-15-5-11(7)9(14)10-6-2-1-3-6/h6-7H,1-5H2,(H,10,14)(H,12,13)/t7-/m0/s1. The highest BCUT2D eigenvalue weighted by atomic mass is 32.2. The van der Waals surface area contributed by atoms with Gasteiger partial charge in [-0.15, -0.1) is 11.8 Å². The molecule has 6 heteroatoms. The molecule has 15 heavy (non-hydrogen) atoms. The molecule has 5 nitrogen and oxygen atoms in total. The molecule has 2 aliphatic rings. The van der Waals surface area contributed by atoms with Crippen molar-refractivity contribution in [3.8, 4) is 0 Å². The third-order valence-corrected chi connectivity index (χ3v) is 3.87. The molecular formula is C9H14N2O3S. The van der Waals surface area contributed by atoms with E-state index in [1.165, 1.54) is 16.7 Å². The van der Waals surface area contributed by atoms with E-state index >= 15 is 0 Å². The van der Waals surface area contributed by atoms with E-state index in [9.17, 15) is 9.59 Å². The van der Waals surface area contributed by atoms with Crippen molar-refractivity contribution in [1.29, 1.82) is 0 Å². The molecule has 0 aromatic rings. The second-order valence-corrected chi connectivity index (χ2v) is 4.90. The van der Waals surface area contributed by atoms with Crippen LogP contribution in [-0.4, -0.2) is 45.7 Å². The molecular weight excluding hydrogens is 216 g/mol. The first-order valence-electron chi connectivity index (χ1n) is 5.06. The van der Waals surface area contributed by atoms with Gasteiger partial charge in [0.1, 0.15) is 6.04 Å². The molecule has 0 aromatic heterocycles. The predicted octanol–water partition coefficient (Wildman–Crippen LogP) is 0.708. The SMILES string of the molecule is O=C(O)[C@@H]1CSCN1C(=O)NC1CCC1. The lowest BCUT2D eigenvalue weighted by Crippen LogP contribution is -2.51. The second-order valence-electron chi connectivity index (χ2n) is 3.90. The number of carboxylic acids is 1. The summed E-state index contributed by atoms with van der Waals surface area (Å²) in [7, 11) is 0. The zero-order valence-corrected chi connectivity index (χ0v) is 9.13. The fraction of sp³-hybridized carbons (Fsp3) is 0.778. The van der Waals surface area contributed by atoms with Gasteiger partial charge in [-0.3, -0.25) is 0 Å². The van der Waals surface area contributed by atoms with Crippen LogP contribution in [0, 0.1) is 0 Å². The average Bonchev–Trinajstić information content (AvgIpc) is 2.59. The van der Waals surface area contributed by atoms with Crippen LogP contribution in [0.2, 0.25) is 0 Å². The molecule has 0 unspecified atom stereocenters. The van der Waals surface area contributed by atoms with Crippen LogP contribution < -0.4 is 5.32 Å². The Balaban J connectivity index is 1.90. The highest BCUT2D eigenvalue weighted by Crippen LogP contribution is 2.23. The van der Waals surface area contributed by atoms with E-state index in [1.807, 2.05) is 0 Å². The number of carboxylic acid groups (broad SMARTS) is 1. The van der Waals surface area contributed by atoms with Crippen molar-refractivity contribution in [2.75, 3.05) is 11.6 Å². The van der Waals surface area contributed by atoms with E-state index in [-0.39, 0.29) is 12.1 Å². The van der Waals surface area contributed by atoms with Crippen LogP contribution in [0.15, 0.2) is 0 Å². The van der Waals surface area contributed by atoms with Gasteiger partial charge in [0.15, 0.2) is 0 Å². The normalized spacial score (nSPS) is 26.1. The summed E-state index contributed by atoms with van der Waals surface area (Å²) in [5, 5.41) is 11.8. The van der Waals surface area contributed by atoms with Crippen LogP contribution in [0.1, 0.15) is 19.3 Å². The van der Waals surface area contributed by atoms with Crippen molar-refractivity contribution >= 4 is 23.8 Å². The number of carbonyl (C=O) groups excluding carboxylic acids is 1. The minimum absolute atomic E-state index is 0.225. The molecule has 0 bridgehead atoms. The zero-order valence-electron chi connectivity index (χ0n) is 8.31. The summed E-state index contributed by atoms with van der Waals surface area (Å²) in [6.07, 6.45) is 3.19. The summed E-state index contributed by atoms with van der Waals surface area (Å²) in [6.45, 7) is 0. The van der Waals surface area contributed by atoms with Crippen LogP contribution in [0.4, 0.5) is 4.79 Å². The van der Waals surface area contributed by atoms with E-state index in [4.69, 9.17) is 5.11 Å². The first kappa shape index (κ1) is 10.6. The molecule has 0 aromatic carbocycles. The Kier molecular flexibility index (Phi) is 3.04. The molecule has 84 valence electrons. The number of nitrogens with one attached hydrogen (secondary N) is 1. The number of rotatable bonds is 2. The number of nitrogens with zero attached hydrogens (tertiary/aromatic N) is 1. The van der Waals surface area contributed by atoms with Gasteiger partial charge in [0.05, 0.1) is 5.88 Å². The third-order valence-electron chi connectivity index (χ3n) is 2.86. The molecule has 1 saturated heterocycles. The Morgan fingerprint density at radius 2 is 2.13 bits per heavy atom. The molecule has 1 aliphatic heterocycles. The Morgan fingerprint density at radius 3 is 2.67 bits per heavy atom. The van der Waals surface area contributed by atoms with Crippen molar-refractivity contribution in [2.24, 2.45) is 0 Å². The van der Waals surface area contributed by atoms with Gasteiger partial charge in [-0.05, 0) is 19.3 Å².